The van der Waals surface area contributed by atoms with Gasteiger partial charge in [-0.3, -0.25) is 0 Å². The second-order valence-electron chi connectivity index (χ2n) is 5.70. The van der Waals surface area contributed by atoms with Gasteiger partial charge in [-0.1, -0.05) is 12.1 Å². The quantitative estimate of drug-likeness (QED) is 0.488. The first-order chi connectivity index (χ1) is 12.8. The van der Waals surface area contributed by atoms with Gasteiger partial charge in [0.15, 0.2) is 0 Å². The lowest BCUT2D eigenvalue weighted by atomic mass is 10.2. The van der Waals surface area contributed by atoms with Gasteiger partial charge in [0, 0.05) is 11.1 Å². The molecule has 4 aromatic rings. The first-order valence-electron chi connectivity index (χ1n) is 8.26. The molecule has 0 aliphatic heterocycles. The molecule has 2 heterocycles. The molecule has 0 unspecified atom stereocenters. The van der Waals surface area contributed by atoms with E-state index in [1.807, 2.05) is 60.7 Å². The number of furan rings is 1. The highest BCUT2D eigenvalue weighted by Crippen LogP contribution is 2.25. The minimum absolute atomic E-state index is 0. The average molecular weight is 383 g/mol. The minimum Gasteiger partial charge on any atom is -0.497 e. The lowest BCUT2D eigenvalue weighted by molar-refractivity contribution is 0.415. The number of fused-ring (bicyclic) bond motifs is 1. The van der Waals surface area contributed by atoms with E-state index >= 15 is 0 Å². The molecule has 0 saturated heterocycles. The first kappa shape index (κ1) is 18.5. The van der Waals surface area contributed by atoms with E-state index in [0.29, 0.717) is 12.5 Å². The van der Waals surface area contributed by atoms with Gasteiger partial charge in [-0.15, -0.1) is 12.4 Å². The zero-order valence-corrected chi connectivity index (χ0v) is 15.5. The maximum Gasteiger partial charge on any atom is 0.229 e. The summed E-state index contributed by atoms with van der Waals surface area (Å²) in [5, 5.41) is 7.53. The highest BCUT2D eigenvalue weighted by Gasteiger charge is 2.08. The Morgan fingerprint density at radius 1 is 0.963 bits per heavy atom. The van der Waals surface area contributed by atoms with Crippen molar-refractivity contribution >= 4 is 40.8 Å². The van der Waals surface area contributed by atoms with Gasteiger partial charge in [-0.2, -0.15) is 4.98 Å². The van der Waals surface area contributed by atoms with Crippen LogP contribution in [0.1, 0.15) is 5.76 Å². The Bertz CT molecular complexity index is 1000. The molecule has 7 heteroatoms. The van der Waals surface area contributed by atoms with Crippen LogP contribution in [-0.2, 0) is 6.54 Å². The number of ether oxygens (including phenoxy) is 1. The summed E-state index contributed by atoms with van der Waals surface area (Å²) in [6, 6.07) is 19.3. The van der Waals surface area contributed by atoms with Gasteiger partial charge < -0.3 is 19.8 Å². The third-order valence-electron chi connectivity index (χ3n) is 3.96. The normalized spacial score (nSPS) is 10.3. The van der Waals surface area contributed by atoms with Gasteiger partial charge >= 0.3 is 0 Å². The Kier molecular flexibility index (Phi) is 5.78. The average Bonchev–Trinajstić information content (AvgIpc) is 3.20. The number of halogens is 1. The highest BCUT2D eigenvalue weighted by atomic mass is 35.5. The lowest BCUT2D eigenvalue weighted by Crippen LogP contribution is -2.05. The second-order valence-corrected chi connectivity index (χ2v) is 5.70. The van der Waals surface area contributed by atoms with Crippen LogP contribution in [0.4, 0.5) is 17.5 Å². The number of para-hydroxylation sites is 1. The Balaban J connectivity index is 0.00000210. The molecule has 0 atom stereocenters. The van der Waals surface area contributed by atoms with Crippen LogP contribution in [0.2, 0.25) is 0 Å². The third kappa shape index (κ3) is 4.30. The SMILES string of the molecule is COc1ccc(Nc2nc(NCc3ccco3)c3ccccc3n2)cc1.Cl. The van der Waals surface area contributed by atoms with Crippen molar-refractivity contribution in [3.05, 3.63) is 72.7 Å². The number of hydrogen-bond donors (Lipinski definition) is 2. The molecule has 0 aliphatic rings. The van der Waals surface area contributed by atoms with Gasteiger partial charge in [0.05, 0.1) is 25.4 Å². The summed E-state index contributed by atoms with van der Waals surface area (Å²) in [5.74, 6) is 2.92. The number of nitrogens with zero attached hydrogens (tertiary/aromatic N) is 2. The Morgan fingerprint density at radius 2 is 1.78 bits per heavy atom. The zero-order chi connectivity index (χ0) is 17.8. The van der Waals surface area contributed by atoms with Crippen LogP contribution in [0.5, 0.6) is 5.75 Å². The van der Waals surface area contributed by atoms with Crippen LogP contribution in [0, 0.1) is 0 Å². The number of benzene rings is 2. The number of methoxy groups -OCH3 is 1. The Labute approximate surface area is 163 Å². The predicted molar refractivity (Wildman–Crippen MR) is 109 cm³/mol. The van der Waals surface area contributed by atoms with E-state index in [1.54, 1.807) is 13.4 Å². The summed E-state index contributed by atoms with van der Waals surface area (Å²) in [6.07, 6.45) is 1.66. The first-order valence-corrected chi connectivity index (χ1v) is 8.26. The van der Waals surface area contributed by atoms with Crippen molar-refractivity contribution in [2.75, 3.05) is 17.7 Å². The smallest absolute Gasteiger partial charge is 0.229 e. The monoisotopic (exact) mass is 382 g/mol. The van der Waals surface area contributed by atoms with Crippen LogP contribution in [-0.4, -0.2) is 17.1 Å². The van der Waals surface area contributed by atoms with Crippen molar-refractivity contribution in [2.24, 2.45) is 0 Å². The van der Waals surface area contributed by atoms with Gasteiger partial charge in [0.1, 0.15) is 17.3 Å². The van der Waals surface area contributed by atoms with E-state index in [2.05, 4.69) is 20.6 Å². The number of hydrogen-bond acceptors (Lipinski definition) is 6. The molecule has 0 bridgehead atoms. The summed E-state index contributed by atoms with van der Waals surface area (Å²) in [6.45, 7) is 0.552. The zero-order valence-electron chi connectivity index (χ0n) is 14.7. The van der Waals surface area contributed by atoms with E-state index < -0.39 is 0 Å². The van der Waals surface area contributed by atoms with Gasteiger partial charge in [0.2, 0.25) is 5.95 Å². The van der Waals surface area contributed by atoms with Crippen molar-refractivity contribution in [3.8, 4) is 5.75 Å². The molecule has 6 nitrogen and oxygen atoms in total. The van der Waals surface area contributed by atoms with Crippen LogP contribution < -0.4 is 15.4 Å². The van der Waals surface area contributed by atoms with E-state index in [1.165, 1.54) is 0 Å². The largest absolute Gasteiger partial charge is 0.497 e. The van der Waals surface area contributed by atoms with Gasteiger partial charge in [-0.05, 0) is 48.5 Å². The molecule has 0 fully saturated rings. The topological polar surface area (TPSA) is 72.2 Å². The maximum atomic E-state index is 5.38. The molecule has 2 N–H and O–H groups in total. The maximum absolute atomic E-state index is 5.38. The summed E-state index contributed by atoms with van der Waals surface area (Å²) >= 11 is 0. The van der Waals surface area contributed by atoms with E-state index in [9.17, 15) is 0 Å². The van der Waals surface area contributed by atoms with Crippen molar-refractivity contribution in [3.63, 3.8) is 0 Å². The molecule has 0 amide bonds. The summed E-state index contributed by atoms with van der Waals surface area (Å²) in [4.78, 5) is 9.23. The van der Waals surface area contributed by atoms with E-state index in [0.717, 1.165) is 33.9 Å². The molecule has 4 rings (SSSR count). The van der Waals surface area contributed by atoms with Gasteiger partial charge in [-0.25, -0.2) is 4.98 Å². The second kappa shape index (κ2) is 8.42. The van der Waals surface area contributed by atoms with Crippen LogP contribution in [0.3, 0.4) is 0 Å². The van der Waals surface area contributed by atoms with E-state index in [4.69, 9.17) is 9.15 Å². The van der Waals surface area contributed by atoms with E-state index in [-0.39, 0.29) is 12.4 Å². The number of aromatic nitrogens is 2. The minimum atomic E-state index is 0. The molecule has 0 spiro atoms. The predicted octanol–water partition coefficient (Wildman–Crippen LogP) is 5.01. The van der Waals surface area contributed by atoms with Crippen molar-refractivity contribution in [1.29, 1.82) is 0 Å². The fourth-order valence-corrected chi connectivity index (χ4v) is 2.65. The molecule has 138 valence electrons. The number of rotatable bonds is 6. The summed E-state index contributed by atoms with van der Waals surface area (Å²) in [5.41, 5.74) is 1.75. The molecular formula is C20H19ClN4O2. The fourth-order valence-electron chi connectivity index (χ4n) is 2.65. The molecular weight excluding hydrogens is 364 g/mol. The van der Waals surface area contributed by atoms with Gasteiger partial charge in [0.25, 0.3) is 0 Å². The van der Waals surface area contributed by atoms with Crippen LogP contribution in [0.25, 0.3) is 10.9 Å². The highest BCUT2D eigenvalue weighted by molar-refractivity contribution is 5.90. The van der Waals surface area contributed by atoms with Crippen molar-refractivity contribution < 1.29 is 9.15 Å². The number of anilines is 3. The molecule has 27 heavy (non-hydrogen) atoms. The van der Waals surface area contributed by atoms with Crippen molar-refractivity contribution in [1.82, 2.24) is 9.97 Å². The van der Waals surface area contributed by atoms with Crippen LogP contribution >= 0.6 is 12.4 Å². The van der Waals surface area contributed by atoms with Crippen LogP contribution in [0.15, 0.2) is 71.3 Å². The summed E-state index contributed by atoms with van der Waals surface area (Å²) < 4.78 is 10.6. The number of nitrogens with one attached hydrogen (secondary N) is 2. The molecule has 2 aromatic carbocycles. The molecule has 2 aromatic heterocycles. The fraction of sp³-hybridized carbons (Fsp3) is 0.100. The standard InChI is InChI=1S/C20H18N4O2.ClH/c1-25-15-10-8-14(9-11-15)22-20-23-18-7-3-2-6-17(18)19(24-20)21-13-16-5-4-12-26-16;/h2-12H,13H2,1H3,(H2,21,22,23,24);1H. The molecule has 0 aliphatic carbocycles. The Hall–Kier alpha value is -3.25. The lowest BCUT2D eigenvalue weighted by Gasteiger charge is -2.11. The Morgan fingerprint density at radius 3 is 2.52 bits per heavy atom. The molecule has 0 radical (unpaired) electrons. The summed E-state index contributed by atoms with van der Waals surface area (Å²) in [7, 11) is 1.64. The molecule has 0 saturated carbocycles. The third-order valence-corrected chi connectivity index (χ3v) is 3.96. The van der Waals surface area contributed by atoms with Crippen molar-refractivity contribution in [2.45, 2.75) is 6.54 Å².